The molecule has 0 aliphatic heterocycles. The van der Waals surface area contributed by atoms with Crippen LogP contribution in [0.1, 0.15) is 25.3 Å². The van der Waals surface area contributed by atoms with Crippen LogP contribution < -0.4 is 5.32 Å². The zero-order valence-electron chi connectivity index (χ0n) is 12.2. The molecule has 0 saturated carbocycles. The van der Waals surface area contributed by atoms with Crippen LogP contribution in [0.2, 0.25) is 5.02 Å². The molecule has 1 rings (SSSR count). The summed E-state index contributed by atoms with van der Waals surface area (Å²) in [5.41, 5.74) is 1.60. The zero-order valence-corrected chi connectivity index (χ0v) is 12.9. The van der Waals surface area contributed by atoms with Crippen molar-refractivity contribution in [3.8, 4) is 0 Å². The van der Waals surface area contributed by atoms with Crippen molar-refractivity contribution in [3.63, 3.8) is 0 Å². The first-order chi connectivity index (χ1) is 9.58. The van der Waals surface area contributed by atoms with E-state index < -0.39 is 0 Å². The zero-order chi connectivity index (χ0) is 15.0. The topological polar surface area (TPSA) is 52.6 Å². The lowest BCUT2D eigenvalue weighted by atomic mass is 10.2. The van der Waals surface area contributed by atoms with Crippen molar-refractivity contribution >= 4 is 23.2 Å². The second-order valence-corrected chi connectivity index (χ2v) is 5.24. The molecular weight excluding hydrogens is 276 g/mol. The van der Waals surface area contributed by atoms with Gasteiger partial charge < -0.3 is 10.4 Å². The van der Waals surface area contributed by atoms with Crippen LogP contribution in [0.3, 0.4) is 0 Å². The van der Waals surface area contributed by atoms with Crippen LogP contribution >= 0.6 is 11.6 Å². The molecule has 5 heteroatoms. The fourth-order valence-corrected chi connectivity index (χ4v) is 2.23. The highest BCUT2D eigenvalue weighted by atomic mass is 35.5. The summed E-state index contributed by atoms with van der Waals surface area (Å²) >= 11 is 6.09. The minimum Gasteiger partial charge on any atom is -0.395 e. The Kier molecular flexibility index (Phi) is 7.59. The molecule has 4 nitrogen and oxygen atoms in total. The lowest BCUT2D eigenvalue weighted by Crippen LogP contribution is -2.36. The number of anilines is 1. The smallest absolute Gasteiger partial charge is 0.238 e. The Morgan fingerprint density at radius 3 is 2.75 bits per heavy atom. The van der Waals surface area contributed by atoms with Gasteiger partial charge in [0.05, 0.1) is 23.9 Å². The largest absolute Gasteiger partial charge is 0.395 e. The fourth-order valence-electron chi connectivity index (χ4n) is 1.97. The van der Waals surface area contributed by atoms with E-state index in [1.165, 1.54) is 0 Å². The second-order valence-electron chi connectivity index (χ2n) is 4.83. The molecule has 0 spiro atoms. The molecule has 0 saturated heterocycles. The number of hydrogen-bond acceptors (Lipinski definition) is 3. The Labute approximate surface area is 125 Å². The van der Waals surface area contributed by atoms with Gasteiger partial charge in [-0.25, -0.2) is 0 Å². The normalized spacial score (nSPS) is 10.8. The van der Waals surface area contributed by atoms with Gasteiger partial charge in [-0.05, 0) is 31.5 Å². The number of aryl methyl sites for hydroxylation is 1. The van der Waals surface area contributed by atoms with E-state index >= 15 is 0 Å². The minimum atomic E-state index is -0.106. The number of hydrogen-bond donors (Lipinski definition) is 2. The first-order valence-electron chi connectivity index (χ1n) is 6.96. The number of carbonyl (C=O) groups is 1. The summed E-state index contributed by atoms with van der Waals surface area (Å²) in [7, 11) is 0. The summed E-state index contributed by atoms with van der Waals surface area (Å²) in [4.78, 5) is 14.0. The van der Waals surface area contributed by atoms with Crippen molar-refractivity contribution in [2.24, 2.45) is 0 Å². The standard InChI is InChI=1S/C15H23ClN2O2/c1-3-4-8-18(9-10-19)11-14(20)17-15-12(2)6-5-7-13(15)16/h5-7,19H,3-4,8-11H2,1-2H3,(H,17,20). The van der Waals surface area contributed by atoms with Crippen LogP contribution in [-0.4, -0.2) is 42.2 Å². The van der Waals surface area contributed by atoms with E-state index in [2.05, 4.69) is 12.2 Å². The van der Waals surface area contributed by atoms with Gasteiger partial charge in [0.15, 0.2) is 0 Å². The fraction of sp³-hybridized carbons (Fsp3) is 0.533. The summed E-state index contributed by atoms with van der Waals surface area (Å²) in [5.74, 6) is -0.106. The quantitative estimate of drug-likeness (QED) is 0.776. The van der Waals surface area contributed by atoms with Crippen LogP contribution in [0.4, 0.5) is 5.69 Å². The van der Waals surface area contributed by atoms with E-state index in [0.717, 1.165) is 24.9 Å². The number of nitrogens with zero attached hydrogens (tertiary/aromatic N) is 1. The number of para-hydroxylation sites is 1. The number of nitrogens with one attached hydrogen (secondary N) is 1. The highest BCUT2D eigenvalue weighted by Gasteiger charge is 2.12. The summed E-state index contributed by atoms with van der Waals surface area (Å²) in [5, 5.41) is 12.4. The third-order valence-corrected chi connectivity index (χ3v) is 3.41. The van der Waals surface area contributed by atoms with E-state index in [0.29, 0.717) is 17.3 Å². The number of benzene rings is 1. The molecule has 0 atom stereocenters. The van der Waals surface area contributed by atoms with Crippen LogP contribution in [0.5, 0.6) is 0 Å². The average Bonchev–Trinajstić information content (AvgIpc) is 2.40. The molecule has 2 N–H and O–H groups in total. The highest BCUT2D eigenvalue weighted by molar-refractivity contribution is 6.33. The number of unbranched alkanes of at least 4 members (excludes halogenated alkanes) is 1. The van der Waals surface area contributed by atoms with Crippen molar-refractivity contribution in [2.45, 2.75) is 26.7 Å². The Hall–Kier alpha value is -1.10. The summed E-state index contributed by atoms with van der Waals surface area (Å²) in [6.45, 7) is 5.66. The van der Waals surface area contributed by atoms with Crippen molar-refractivity contribution in [1.82, 2.24) is 4.90 Å². The number of aliphatic hydroxyl groups is 1. The van der Waals surface area contributed by atoms with Gasteiger partial charge in [0.2, 0.25) is 5.91 Å². The maximum Gasteiger partial charge on any atom is 0.238 e. The summed E-state index contributed by atoms with van der Waals surface area (Å²) in [6, 6.07) is 5.52. The number of aliphatic hydroxyl groups excluding tert-OH is 1. The molecular formula is C15H23ClN2O2. The molecule has 0 radical (unpaired) electrons. The lowest BCUT2D eigenvalue weighted by molar-refractivity contribution is -0.117. The summed E-state index contributed by atoms with van der Waals surface area (Å²) in [6.07, 6.45) is 2.07. The molecule has 0 aliphatic rings. The van der Waals surface area contributed by atoms with Gasteiger partial charge in [0.25, 0.3) is 0 Å². The van der Waals surface area contributed by atoms with E-state index in [-0.39, 0.29) is 19.1 Å². The molecule has 0 aliphatic carbocycles. The SMILES string of the molecule is CCCCN(CCO)CC(=O)Nc1c(C)cccc1Cl. The van der Waals surface area contributed by atoms with Gasteiger partial charge in [-0.3, -0.25) is 9.69 Å². The molecule has 1 aromatic rings. The van der Waals surface area contributed by atoms with Crippen molar-refractivity contribution < 1.29 is 9.90 Å². The Bertz CT molecular complexity index is 418. The average molecular weight is 299 g/mol. The first-order valence-corrected chi connectivity index (χ1v) is 7.34. The van der Waals surface area contributed by atoms with E-state index in [1.54, 1.807) is 6.07 Å². The number of carbonyl (C=O) groups excluding carboxylic acids is 1. The number of halogens is 1. The molecule has 1 amide bonds. The third kappa shape index (κ3) is 5.49. The van der Waals surface area contributed by atoms with Gasteiger partial charge in [0, 0.05) is 6.54 Å². The van der Waals surface area contributed by atoms with E-state index in [9.17, 15) is 4.79 Å². The van der Waals surface area contributed by atoms with Gasteiger partial charge >= 0.3 is 0 Å². The van der Waals surface area contributed by atoms with Gasteiger partial charge in [-0.2, -0.15) is 0 Å². The lowest BCUT2D eigenvalue weighted by Gasteiger charge is -2.21. The van der Waals surface area contributed by atoms with Crippen LogP contribution in [0.25, 0.3) is 0 Å². The molecule has 0 heterocycles. The maximum atomic E-state index is 12.1. The first kappa shape index (κ1) is 17.0. The molecule has 0 bridgehead atoms. The second kappa shape index (κ2) is 8.95. The summed E-state index contributed by atoms with van der Waals surface area (Å²) < 4.78 is 0. The Morgan fingerprint density at radius 1 is 1.40 bits per heavy atom. The highest BCUT2D eigenvalue weighted by Crippen LogP contribution is 2.25. The monoisotopic (exact) mass is 298 g/mol. The predicted octanol–water partition coefficient (Wildman–Crippen LogP) is 2.68. The number of amides is 1. The van der Waals surface area contributed by atoms with Crippen molar-refractivity contribution in [1.29, 1.82) is 0 Å². The van der Waals surface area contributed by atoms with Crippen molar-refractivity contribution in [3.05, 3.63) is 28.8 Å². The Morgan fingerprint density at radius 2 is 2.15 bits per heavy atom. The Balaban J connectivity index is 2.61. The molecule has 112 valence electrons. The van der Waals surface area contributed by atoms with E-state index in [4.69, 9.17) is 16.7 Å². The van der Waals surface area contributed by atoms with Gasteiger partial charge in [0.1, 0.15) is 0 Å². The predicted molar refractivity (Wildman–Crippen MR) is 83.3 cm³/mol. The van der Waals surface area contributed by atoms with Crippen LogP contribution in [-0.2, 0) is 4.79 Å². The van der Waals surface area contributed by atoms with Gasteiger partial charge in [-0.1, -0.05) is 37.1 Å². The maximum absolute atomic E-state index is 12.1. The third-order valence-electron chi connectivity index (χ3n) is 3.10. The molecule has 20 heavy (non-hydrogen) atoms. The molecule has 1 aromatic carbocycles. The molecule has 0 fully saturated rings. The molecule has 0 unspecified atom stereocenters. The van der Waals surface area contributed by atoms with Crippen LogP contribution in [0, 0.1) is 6.92 Å². The van der Waals surface area contributed by atoms with Gasteiger partial charge in [-0.15, -0.1) is 0 Å². The molecule has 0 aromatic heterocycles. The van der Waals surface area contributed by atoms with Crippen molar-refractivity contribution in [2.75, 3.05) is 31.6 Å². The minimum absolute atomic E-state index is 0.0577. The van der Waals surface area contributed by atoms with E-state index in [1.807, 2.05) is 24.0 Å². The van der Waals surface area contributed by atoms with Crippen LogP contribution in [0.15, 0.2) is 18.2 Å². The number of rotatable bonds is 8.